The zero-order chi connectivity index (χ0) is 11.8. The highest BCUT2D eigenvalue weighted by Crippen LogP contribution is 2.48. The molecule has 0 aromatic heterocycles. The zero-order valence-electron chi connectivity index (χ0n) is 6.26. The molecule has 0 rings (SSSR count). The first-order chi connectivity index (χ1) is 6.00. The first-order valence-electron chi connectivity index (χ1n) is 3.03. The molecular weight excluding hydrogens is 244 g/mol. The Morgan fingerprint density at radius 3 is 1.50 bits per heavy atom. The lowest BCUT2D eigenvalue weighted by Crippen LogP contribution is -2.58. The Labute approximate surface area is 78.7 Å². The van der Waals surface area contributed by atoms with Crippen LogP contribution in [0.15, 0.2) is 0 Å². The minimum atomic E-state index is -6.13. The summed E-state index contributed by atoms with van der Waals surface area (Å²) in [5.41, 5.74) is 0. The number of thiol groups is 1. The van der Waals surface area contributed by atoms with Gasteiger partial charge >= 0.3 is 24.2 Å². The second-order valence-corrected chi connectivity index (χ2v) is 2.68. The van der Waals surface area contributed by atoms with Crippen molar-refractivity contribution in [3.8, 4) is 0 Å². The Kier molecular flexibility index (Phi) is 3.69. The topological polar surface area (TPSA) is 0 Å². The average molecular weight is 248 g/mol. The van der Waals surface area contributed by atoms with Crippen molar-refractivity contribution in [3.63, 3.8) is 0 Å². The van der Waals surface area contributed by atoms with Crippen LogP contribution in [0.5, 0.6) is 0 Å². The van der Waals surface area contributed by atoms with Crippen LogP contribution in [0.2, 0.25) is 0 Å². The van der Waals surface area contributed by atoms with E-state index in [2.05, 4.69) is 12.6 Å². The Morgan fingerprint density at radius 2 is 1.29 bits per heavy atom. The van der Waals surface area contributed by atoms with E-state index >= 15 is 0 Å². The number of rotatable bonds is 4. The minimum Gasteiger partial charge on any atom is -0.203 e. The van der Waals surface area contributed by atoms with Gasteiger partial charge in [0.25, 0.3) is 0 Å². The summed E-state index contributed by atoms with van der Waals surface area (Å²) in [6.45, 7) is 0. The van der Waals surface area contributed by atoms with E-state index in [1.165, 1.54) is 0 Å². The lowest BCUT2D eigenvalue weighted by atomic mass is 10.1. The Morgan fingerprint density at radius 1 is 0.929 bits per heavy atom. The van der Waals surface area contributed by atoms with Gasteiger partial charge in [-0.15, -0.1) is 0 Å². The summed E-state index contributed by atoms with van der Waals surface area (Å²) < 4.78 is 95.5. The molecule has 0 N–H and O–H groups in total. The smallest absolute Gasteiger partial charge is 0.203 e. The van der Waals surface area contributed by atoms with Crippen molar-refractivity contribution in [3.05, 3.63) is 0 Å². The lowest BCUT2D eigenvalue weighted by Gasteiger charge is -2.31. The van der Waals surface area contributed by atoms with Crippen molar-refractivity contribution in [1.82, 2.24) is 0 Å². The fourth-order valence-electron chi connectivity index (χ4n) is 0.480. The summed E-state index contributed by atoms with van der Waals surface area (Å²) in [6.07, 6.45) is -4.87. The highest BCUT2D eigenvalue weighted by atomic mass is 32.1. The monoisotopic (exact) mass is 248 g/mol. The van der Waals surface area contributed by atoms with Crippen molar-refractivity contribution in [2.75, 3.05) is 5.75 Å². The number of hydrogen-bond donors (Lipinski definition) is 1. The normalized spacial score (nSPS) is 15.0. The average Bonchev–Trinajstić information content (AvgIpc) is 2.03. The van der Waals surface area contributed by atoms with Crippen LogP contribution >= 0.6 is 12.6 Å². The van der Waals surface area contributed by atoms with E-state index < -0.39 is 29.9 Å². The quantitative estimate of drug-likeness (QED) is 0.573. The second-order valence-electron chi connectivity index (χ2n) is 2.36. The summed E-state index contributed by atoms with van der Waals surface area (Å²) in [4.78, 5) is 0. The van der Waals surface area contributed by atoms with Crippen LogP contribution in [0.4, 0.5) is 35.1 Å². The largest absolute Gasteiger partial charge is 0.378 e. The van der Waals surface area contributed by atoms with Gasteiger partial charge in [-0.2, -0.15) is 39.0 Å². The van der Waals surface area contributed by atoms with E-state index in [-0.39, 0.29) is 0 Å². The third-order valence-corrected chi connectivity index (χ3v) is 1.75. The highest BCUT2D eigenvalue weighted by Gasteiger charge is 2.74. The molecule has 14 heavy (non-hydrogen) atoms. The van der Waals surface area contributed by atoms with Crippen LogP contribution in [0.25, 0.3) is 0 Å². The molecule has 0 aromatic rings. The molecule has 0 atom stereocenters. The molecule has 0 spiro atoms. The van der Waals surface area contributed by atoms with Gasteiger partial charge in [0.1, 0.15) is 0 Å². The van der Waals surface area contributed by atoms with Gasteiger partial charge in [0.2, 0.25) is 0 Å². The molecule has 0 nitrogen and oxygen atoms in total. The van der Waals surface area contributed by atoms with Gasteiger partial charge in [-0.05, 0) is 0 Å². The van der Waals surface area contributed by atoms with Gasteiger partial charge in [0, 0.05) is 0 Å². The van der Waals surface area contributed by atoms with Crippen LogP contribution in [-0.2, 0) is 0 Å². The van der Waals surface area contributed by atoms with E-state index in [1.807, 2.05) is 0 Å². The highest BCUT2D eigenvalue weighted by molar-refractivity contribution is 7.80. The fraction of sp³-hybridized carbons (Fsp3) is 1.00. The number of halogens is 8. The van der Waals surface area contributed by atoms with E-state index in [9.17, 15) is 35.1 Å². The van der Waals surface area contributed by atoms with Crippen molar-refractivity contribution in [2.45, 2.75) is 24.2 Å². The summed E-state index contributed by atoms with van der Waals surface area (Å²) >= 11 is 2.69. The third-order valence-electron chi connectivity index (χ3n) is 1.35. The fourth-order valence-corrected chi connectivity index (χ4v) is 0.679. The molecule has 0 amide bonds. The van der Waals surface area contributed by atoms with E-state index in [4.69, 9.17) is 0 Å². The summed E-state index contributed by atoms with van der Waals surface area (Å²) in [5.74, 6) is -19.5. The number of hydrogen-bond acceptors (Lipinski definition) is 1. The summed E-state index contributed by atoms with van der Waals surface area (Å²) in [5, 5.41) is 0. The van der Waals surface area contributed by atoms with Crippen molar-refractivity contribution in [2.24, 2.45) is 0 Å². The van der Waals surface area contributed by atoms with E-state index in [1.54, 1.807) is 0 Å². The van der Waals surface area contributed by atoms with Crippen LogP contribution < -0.4 is 0 Å². The molecule has 86 valence electrons. The lowest BCUT2D eigenvalue weighted by molar-refractivity contribution is -0.331. The van der Waals surface area contributed by atoms with Crippen LogP contribution in [0, 0.1) is 0 Å². The van der Waals surface area contributed by atoms with Crippen LogP contribution in [-0.4, -0.2) is 29.9 Å². The van der Waals surface area contributed by atoms with Gasteiger partial charge in [-0.1, -0.05) is 0 Å². The maximum absolute atomic E-state index is 12.2. The molecule has 0 aliphatic heterocycles. The Bertz CT molecular complexity index is 200. The van der Waals surface area contributed by atoms with Gasteiger partial charge < -0.3 is 0 Å². The Balaban J connectivity index is 5.14. The first kappa shape index (κ1) is 13.8. The van der Waals surface area contributed by atoms with Crippen molar-refractivity contribution < 1.29 is 35.1 Å². The zero-order valence-corrected chi connectivity index (χ0v) is 7.15. The molecule has 0 fully saturated rings. The molecule has 0 aliphatic rings. The maximum Gasteiger partial charge on any atom is 0.378 e. The van der Waals surface area contributed by atoms with Gasteiger partial charge in [-0.25, -0.2) is 8.78 Å². The van der Waals surface area contributed by atoms with Crippen LogP contribution in [0.1, 0.15) is 0 Å². The van der Waals surface area contributed by atoms with Crippen LogP contribution in [0.3, 0.4) is 0 Å². The summed E-state index contributed by atoms with van der Waals surface area (Å²) in [7, 11) is 0. The van der Waals surface area contributed by atoms with Gasteiger partial charge in [0.15, 0.2) is 0 Å². The molecule has 0 radical (unpaired) electrons. The minimum absolute atomic E-state index is 1.96. The predicted molar refractivity (Wildman–Crippen MR) is 34.7 cm³/mol. The van der Waals surface area contributed by atoms with Crippen molar-refractivity contribution >= 4 is 12.6 Å². The molecule has 0 bridgehead atoms. The Hall–Kier alpha value is -0.210. The molecule has 0 saturated heterocycles. The second kappa shape index (κ2) is 3.74. The molecule has 0 heterocycles. The molecule has 0 saturated carbocycles. The summed E-state index contributed by atoms with van der Waals surface area (Å²) in [6, 6.07) is 0. The van der Waals surface area contributed by atoms with Gasteiger partial charge in [0.05, 0.1) is 5.75 Å². The molecule has 0 aromatic carbocycles. The first-order valence-corrected chi connectivity index (χ1v) is 3.66. The number of alkyl halides is 8. The molecule has 0 unspecified atom stereocenters. The van der Waals surface area contributed by atoms with Gasteiger partial charge in [-0.3, -0.25) is 0 Å². The van der Waals surface area contributed by atoms with Crippen molar-refractivity contribution in [1.29, 1.82) is 0 Å². The maximum atomic E-state index is 12.2. The third kappa shape index (κ3) is 1.91. The SMILES string of the molecule is FC(F)C(F)(F)C(F)(F)C(F)(F)CS. The van der Waals surface area contributed by atoms with E-state index in [0.29, 0.717) is 0 Å². The standard InChI is InChI=1S/C5H4F8S/c6-2(7)4(10,11)5(12,13)3(8,9)1-14/h2,14H,1H2. The molecular formula is C5H4F8S. The molecule has 9 heteroatoms. The van der Waals surface area contributed by atoms with E-state index in [0.717, 1.165) is 0 Å². The predicted octanol–water partition coefficient (Wildman–Crippen LogP) is 3.09. The molecule has 0 aliphatic carbocycles.